The predicted molar refractivity (Wildman–Crippen MR) is 143 cm³/mol. The molecule has 0 bridgehead atoms. The van der Waals surface area contributed by atoms with E-state index in [1.165, 1.54) is 20.3 Å². The monoisotopic (exact) mass is 492 g/mol. The van der Waals surface area contributed by atoms with Crippen molar-refractivity contribution < 1.29 is 23.9 Å². The van der Waals surface area contributed by atoms with E-state index in [1.54, 1.807) is 42.5 Å². The second kappa shape index (κ2) is 9.62. The molecule has 4 amide bonds. The van der Waals surface area contributed by atoms with Gasteiger partial charge in [-0.25, -0.2) is 14.6 Å². The maximum Gasteiger partial charge on any atom is 0.343 e. The molecule has 4 aromatic rings. The standard InChI is InChI=1S/C30H24N2O5/c1-19-11-14-22(15-12-19)31-28(33)24(17-20-13-16-26(36-2)27(18-20)37-3)29(34)32(30(31)35)25-10-6-8-21-7-4-5-9-23(21)25/h4-18H,1-3H3/b24-17+. The summed E-state index contributed by atoms with van der Waals surface area (Å²) >= 11 is 0. The fourth-order valence-corrected chi connectivity index (χ4v) is 4.38. The van der Waals surface area contributed by atoms with Crippen molar-refractivity contribution in [1.29, 1.82) is 0 Å². The first kappa shape index (κ1) is 23.8. The predicted octanol–water partition coefficient (Wildman–Crippen LogP) is 5.75. The fourth-order valence-electron chi connectivity index (χ4n) is 4.38. The molecule has 0 aromatic heterocycles. The Kier molecular flexibility index (Phi) is 6.19. The lowest BCUT2D eigenvalue weighted by atomic mass is 10.0. The SMILES string of the molecule is COc1ccc(/C=C2\C(=O)N(c3ccc(C)cc3)C(=O)N(c3cccc4ccccc34)C2=O)cc1OC. The zero-order chi connectivity index (χ0) is 26.1. The van der Waals surface area contributed by atoms with Crippen molar-refractivity contribution >= 4 is 46.1 Å². The molecule has 1 saturated heterocycles. The number of methoxy groups -OCH3 is 2. The van der Waals surface area contributed by atoms with E-state index in [-0.39, 0.29) is 5.57 Å². The van der Waals surface area contributed by atoms with Gasteiger partial charge in [-0.15, -0.1) is 0 Å². The largest absolute Gasteiger partial charge is 0.493 e. The van der Waals surface area contributed by atoms with E-state index in [9.17, 15) is 14.4 Å². The lowest BCUT2D eigenvalue weighted by molar-refractivity contribution is -0.121. The Labute approximate surface area is 214 Å². The van der Waals surface area contributed by atoms with E-state index in [0.29, 0.717) is 28.4 Å². The summed E-state index contributed by atoms with van der Waals surface area (Å²) in [5, 5.41) is 1.58. The van der Waals surface area contributed by atoms with Crippen molar-refractivity contribution in [2.75, 3.05) is 24.0 Å². The third-order valence-electron chi connectivity index (χ3n) is 6.27. The molecule has 37 heavy (non-hydrogen) atoms. The van der Waals surface area contributed by atoms with Crippen molar-refractivity contribution in [3.63, 3.8) is 0 Å². The maximum absolute atomic E-state index is 13.8. The third kappa shape index (κ3) is 4.21. The number of fused-ring (bicyclic) bond motifs is 1. The molecule has 0 saturated carbocycles. The molecule has 184 valence electrons. The molecule has 1 heterocycles. The minimum atomic E-state index is -0.736. The van der Waals surface area contributed by atoms with Crippen LogP contribution in [-0.2, 0) is 9.59 Å². The summed E-state index contributed by atoms with van der Waals surface area (Å²) in [7, 11) is 3.03. The van der Waals surface area contributed by atoms with Crippen LogP contribution in [0, 0.1) is 6.92 Å². The van der Waals surface area contributed by atoms with Gasteiger partial charge in [-0.05, 0) is 54.3 Å². The number of imide groups is 2. The van der Waals surface area contributed by atoms with Gasteiger partial charge in [0.1, 0.15) is 5.57 Å². The molecule has 0 unspecified atom stereocenters. The van der Waals surface area contributed by atoms with Crippen LogP contribution >= 0.6 is 0 Å². The van der Waals surface area contributed by atoms with Gasteiger partial charge in [0.25, 0.3) is 11.8 Å². The number of benzene rings is 4. The number of anilines is 2. The van der Waals surface area contributed by atoms with Gasteiger partial charge >= 0.3 is 6.03 Å². The normalized spacial score (nSPS) is 15.0. The van der Waals surface area contributed by atoms with Gasteiger partial charge in [0.15, 0.2) is 11.5 Å². The van der Waals surface area contributed by atoms with Crippen LogP contribution < -0.4 is 19.3 Å². The molecule has 7 nitrogen and oxygen atoms in total. The van der Waals surface area contributed by atoms with Crippen LogP contribution in [0.3, 0.4) is 0 Å². The molecule has 0 radical (unpaired) electrons. The molecule has 0 atom stereocenters. The van der Waals surface area contributed by atoms with Gasteiger partial charge in [0, 0.05) is 5.39 Å². The van der Waals surface area contributed by atoms with Crippen molar-refractivity contribution in [1.82, 2.24) is 0 Å². The lowest BCUT2D eigenvalue weighted by Crippen LogP contribution is -2.57. The van der Waals surface area contributed by atoms with Crippen LogP contribution in [0.4, 0.5) is 16.2 Å². The quantitative estimate of drug-likeness (QED) is 0.262. The molecular weight excluding hydrogens is 468 g/mol. The number of nitrogens with zero attached hydrogens (tertiary/aromatic N) is 2. The Bertz CT molecular complexity index is 1570. The number of aryl methyl sites for hydroxylation is 1. The van der Waals surface area contributed by atoms with Gasteiger partial charge in [0.05, 0.1) is 25.6 Å². The summed E-state index contributed by atoms with van der Waals surface area (Å²) in [4.78, 5) is 43.4. The van der Waals surface area contributed by atoms with Crippen LogP contribution in [0.1, 0.15) is 11.1 Å². The van der Waals surface area contributed by atoms with Gasteiger partial charge < -0.3 is 9.47 Å². The summed E-state index contributed by atoms with van der Waals surface area (Å²) in [6, 6.07) is 24.2. The maximum atomic E-state index is 13.8. The highest BCUT2D eigenvalue weighted by atomic mass is 16.5. The van der Waals surface area contributed by atoms with Crippen LogP contribution in [0.2, 0.25) is 0 Å². The smallest absolute Gasteiger partial charge is 0.343 e. The van der Waals surface area contributed by atoms with Gasteiger partial charge in [-0.1, -0.05) is 60.2 Å². The molecule has 4 aromatic carbocycles. The zero-order valence-electron chi connectivity index (χ0n) is 20.6. The Morgan fingerprint density at radius 1 is 0.703 bits per heavy atom. The molecule has 0 spiro atoms. The van der Waals surface area contributed by atoms with Crippen LogP contribution in [0.15, 0.2) is 90.5 Å². The van der Waals surface area contributed by atoms with E-state index in [1.807, 2.05) is 49.4 Å². The summed E-state index contributed by atoms with van der Waals surface area (Å²) < 4.78 is 10.7. The second-order valence-electron chi connectivity index (χ2n) is 8.57. The number of barbiturate groups is 1. The van der Waals surface area contributed by atoms with Gasteiger partial charge in [-0.2, -0.15) is 0 Å². The number of hydrogen-bond acceptors (Lipinski definition) is 5. The Balaban J connectivity index is 1.70. The van der Waals surface area contributed by atoms with E-state index in [4.69, 9.17) is 9.47 Å². The van der Waals surface area contributed by atoms with Gasteiger partial charge in [-0.3, -0.25) is 9.59 Å². The highest BCUT2D eigenvalue weighted by Crippen LogP contribution is 2.35. The minimum Gasteiger partial charge on any atom is -0.493 e. The summed E-state index contributed by atoms with van der Waals surface area (Å²) in [6.07, 6.45) is 1.47. The lowest BCUT2D eigenvalue weighted by Gasteiger charge is -2.34. The Hall–Kier alpha value is -4.91. The molecule has 1 aliphatic rings. The molecule has 1 aliphatic heterocycles. The van der Waals surface area contributed by atoms with E-state index in [0.717, 1.165) is 26.1 Å². The van der Waals surface area contributed by atoms with Crippen molar-refractivity contribution in [3.8, 4) is 11.5 Å². The van der Waals surface area contributed by atoms with Crippen LogP contribution in [-0.4, -0.2) is 32.1 Å². The number of carbonyl (C=O) groups excluding carboxylic acids is 3. The van der Waals surface area contributed by atoms with E-state index in [2.05, 4.69) is 0 Å². The van der Waals surface area contributed by atoms with E-state index >= 15 is 0 Å². The molecule has 0 N–H and O–H groups in total. The number of urea groups is 1. The first-order valence-electron chi connectivity index (χ1n) is 11.6. The number of carbonyl (C=O) groups is 3. The molecule has 0 aliphatic carbocycles. The summed E-state index contributed by atoms with van der Waals surface area (Å²) in [5.74, 6) is -0.445. The first-order chi connectivity index (χ1) is 17.9. The molecule has 7 heteroatoms. The third-order valence-corrected chi connectivity index (χ3v) is 6.27. The van der Waals surface area contributed by atoms with Crippen molar-refractivity contribution in [2.24, 2.45) is 0 Å². The van der Waals surface area contributed by atoms with Crippen LogP contribution in [0.25, 0.3) is 16.8 Å². The topological polar surface area (TPSA) is 76.2 Å². The highest BCUT2D eigenvalue weighted by molar-refractivity contribution is 6.46. The summed E-state index contributed by atoms with van der Waals surface area (Å²) in [6.45, 7) is 1.91. The minimum absolute atomic E-state index is 0.152. The zero-order valence-corrected chi connectivity index (χ0v) is 20.6. The fraction of sp³-hybridized carbons (Fsp3) is 0.100. The molecule has 5 rings (SSSR count). The number of amides is 4. The number of ether oxygens (including phenoxy) is 2. The molecule has 1 fully saturated rings. The Morgan fingerprint density at radius 3 is 2.11 bits per heavy atom. The first-order valence-corrected chi connectivity index (χ1v) is 11.6. The average Bonchev–Trinajstić information content (AvgIpc) is 2.92. The number of rotatable bonds is 5. The van der Waals surface area contributed by atoms with E-state index < -0.39 is 17.8 Å². The summed E-state index contributed by atoms with van der Waals surface area (Å²) in [5.41, 5.74) is 2.14. The van der Waals surface area contributed by atoms with Crippen LogP contribution in [0.5, 0.6) is 11.5 Å². The number of hydrogen-bond donors (Lipinski definition) is 0. The Morgan fingerprint density at radius 2 is 1.38 bits per heavy atom. The van der Waals surface area contributed by atoms with Crippen molar-refractivity contribution in [2.45, 2.75) is 6.92 Å². The highest BCUT2D eigenvalue weighted by Gasteiger charge is 2.44. The van der Waals surface area contributed by atoms with Gasteiger partial charge in [0.2, 0.25) is 0 Å². The second-order valence-corrected chi connectivity index (χ2v) is 8.57. The van der Waals surface area contributed by atoms with Crippen molar-refractivity contribution in [3.05, 3.63) is 102 Å². The average molecular weight is 493 g/mol. The molecular formula is C30H24N2O5.